The molecule has 1 saturated carbocycles. The summed E-state index contributed by atoms with van der Waals surface area (Å²) in [6, 6.07) is 9.67. The minimum absolute atomic E-state index is 0.0325. The van der Waals surface area contributed by atoms with Gasteiger partial charge in [0.25, 0.3) is 0 Å². The molecule has 0 saturated heterocycles. The molecule has 1 fully saturated rings. The number of aliphatic hydroxyl groups is 1. The van der Waals surface area contributed by atoms with Crippen molar-refractivity contribution in [2.24, 2.45) is 7.05 Å². The summed E-state index contributed by atoms with van der Waals surface area (Å²) in [5, 5.41) is 22.4. The maximum atomic E-state index is 12.1. The van der Waals surface area contributed by atoms with Crippen molar-refractivity contribution in [1.82, 2.24) is 20.1 Å². The van der Waals surface area contributed by atoms with Gasteiger partial charge in [-0.25, -0.2) is 0 Å². The maximum Gasteiger partial charge on any atom is 0.230 e. The fraction of sp³-hybridized carbons (Fsp3) is 0.500. The van der Waals surface area contributed by atoms with Gasteiger partial charge in [-0.15, -0.1) is 10.2 Å². The van der Waals surface area contributed by atoms with Gasteiger partial charge >= 0.3 is 0 Å². The minimum atomic E-state index is -0.830. The molecule has 1 aromatic heterocycles. The predicted molar refractivity (Wildman–Crippen MR) is 97.2 cm³/mol. The van der Waals surface area contributed by atoms with Crippen molar-refractivity contribution in [2.75, 3.05) is 5.75 Å². The molecule has 7 heteroatoms. The highest BCUT2D eigenvalue weighted by atomic mass is 32.2. The number of benzene rings is 1. The highest BCUT2D eigenvalue weighted by Gasteiger charge is 2.20. The monoisotopic (exact) mass is 360 g/mol. The van der Waals surface area contributed by atoms with E-state index in [2.05, 4.69) is 15.5 Å². The molecule has 6 nitrogen and oxygen atoms in total. The number of nitrogens with one attached hydrogen (secondary N) is 1. The quantitative estimate of drug-likeness (QED) is 0.774. The summed E-state index contributed by atoms with van der Waals surface area (Å²) in [4.78, 5) is 12.1. The summed E-state index contributed by atoms with van der Waals surface area (Å²) < 4.78 is 1.75. The van der Waals surface area contributed by atoms with Gasteiger partial charge in [0, 0.05) is 13.1 Å². The Kier molecular flexibility index (Phi) is 6.09. The Morgan fingerprint density at radius 1 is 1.28 bits per heavy atom. The minimum Gasteiger partial charge on any atom is -0.380 e. The van der Waals surface area contributed by atoms with Crippen LogP contribution in [-0.2, 0) is 11.8 Å². The van der Waals surface area contributed by atoms with Crippen LogP contribution in [0.25, 0.3) is 0 Å². The van der Waals surface area contributed by atoms with Crippen molar-refractivity contribution in [2.45, 2.75) is 49.4 Å². The number of amides is 1. The van der Waals surface area contributed by atoms with E-state index < -0.39 is 6.10 Å². The fourth-order valence-corrected chi connectivity index (χ4v) is 3.85. The zero-order valence-corrected chi connectivity index (χ0v) is 15.2. The van der Waals surface area contributed by atoms with Crippen LogP contribution in [0.3, 0.4) is 0 Å². The predicted octanol–water partition coefficient (Wildman–Crippen LogP) is 2.44. The molecule has 2 N–H and O–H groups in total. The largest absolute Gasteiger partial charge is 0.380 e. The van der Waals surface area contributed by atoms with Gasteiger partial charge in [-0.05, 0) is 18.4 Å². The molecule has 1 aliphatic rings. The van der Waals surface area contributed by atoms with E-state index in [1.54, 1.807) is 4.57 Å². The number of carbonyl (C=O) groups excluding carboxylic acids is 1. The first kappa shape index (κ1) is 17.9. The van der Waals surface area contributed by atoms with Crippen LogP contribution in [-0.4, -0.2) is 37.6 Å². The van der Waals surface area contributed by atoms with E-state index in [1.165, 1.54) is 31.0 Å². The lowest BCUT2D eigenvalue weighted by molar-refractivity contribution is -0.119. The van der Waals surface area contributed by atoms with Gasteiger partial charge in [-0.3, -0.25) is 4.79 Å². The standard InChI is InChI=1S/C18H24N4O2S/c1-22-17(16(24)13-8-4-2-5-9-13)20-21-18(22)25-12-15(23)19-14-10-6-3-7-11-14/h2,4-5,8-9,14,16,24H,3,6-7,10-12H2,1H3,(H,19,23)/t16-/m1/s1. The van der Waals surface area contributed by atoms with Gasteiger partial charge in [0.15, 0.2) is 11.0 Å². The highest BCUT2D eigenvalue weighted by molar-refractivity contribution is 7.99. The van der Waals surface area contributed by atoms with Crippen LogP contribution >= 0.6 is 11.8 Å². The summed E-state index contributed by atoms with van der Waals surface area (Å²) in [6.45, 7) is 0. The summed E-state index contributed by atoms with van der Waals surface area (Å²) >= 11 is 1.34. The van der Waals surface area contributed by atoms with Gasteiger partial charge in [0.2, 0.25) is 5.91 Å². The molecule has 1 aliphatic carbocycles. The lowest BCUT2D eigenvalue weighted by atomic mass is 9.95. The van der Waals surface area contributed by atoms with E-state index in [0.29, 0.717) is 22.8 Å². The number of hydrogen-bond donors (Lipinski definition) is 2. The lowest BCUT2D eigenvalue weighted by Crippen LogP contribution is -2.37. The Morgan fingerprint density at radius 2 is 2.00 bits per heavy atom. The van der Waals surface area contributed by atoms with Crippen LogP contribution in [0.1, 0.15) is 49.6 Å². The van der Waals surface area contributed by atoms with Crippen LogP contribution in [0, 0.1) is 0 Å². The SMILES string of the molecule is Cn1c(SCC(=O)NC2CCCCC2)nnc1[C@H](O)c1ccccc1. The third-order valence-corrected chi connectivity index (χ3v) is 5.55. The lowest BCUT2D eigenvalue weighted by Gasteiger charge is -2.22. The molecular formula is C18H24N4O2S. The number of aromatic nitrogens is 3. The second-order valence-corrected chi connectivity index (χ2v) is 7.35. The number of thioether (sulfide) groups is 1. The second kappa shape index (κ2) is 8.49. The number of carbonyl (C=O) groups is 1. The van der Waals surface area contributed by atoms with Crippen LogP contribution in [0.2, 0.25) is 0 Å². The van der Waals surface area contributed by atoms with E-state index in [9.17, 15) is 9.90 Å². The van der Waals surface area contributed by atoms with E-state index in [0.717, 1.165) is 18.4 Å². The Labute approximate surface area is 152 Å². The van der Waals surface area contributed by atoms with Crippen LogP contribution in [0.15, 0.2) is 35.5 Å². The molecule has 1 atom stereocenters. The van der Waals surface area contributed by atoms with Gasteiger partial charge in [-0.1, -0.05) is 61.4 Å². The number of aliphatic hydroxyl groups excluding tert-OH is 1. The molecule has 25 heavy (non-hydrogen) atoms. The Morgan fingerprint density at radius 3 is 2.72 bits per heavy atom. The number of rotatable bonds is 6. The van der Waals surface area contributed by atoms with Gasteiger partial charge in [-0.2, -0.15) is 0 Å². The smallest absolute Gasteiger partial charge is 0.230 e. The molecule has 0 unspecified atom stereocenters. The maximum absolute atomic E-state index is 12.1. The summed E-state index contributed by atoms with van der Waals surface area (Å²) in [5.74, 6) is 0.815. The zero-order valence-electron chi connectivity index (χ0n) is 14.4. The number of hydrogen-bond acceptors (Lipinski definition) is 5. The van der Waals surface area contributed by atoms with Crippen LogP contribution < -0.4 is 5.32 Å². The van der Waals surface area contributed by atoms with E-state index in [4.69, 9.17) is 0 Å². The van der Waals surface area contributed by atoms with Crippen LogP contribution in [0.5, 0.6) is 0 Å². The van der Waals surface area contributed by atoms with Gasteiger partial charge < -0.3 is 15.0 Å². The average Bonchev–Trinajstić information content (AvgIpc) is 3.01. The first-order chi connectivity index (χ1) is 12.1. The summed E-state index contributed by atoms with van der Waals surface area (Å²) in [7, 11) is 1.81. The summed E-state index contributed by atoms with van der Waals surface area (Å²) in [6.07, 6.45) is 4.99. The van der Waals surface area contributed by atoms with Crippen molar-refractivity contribution >= 4 is 17.7 Å². The Bertz CT molecular complexity index is 698. The first-order valence-electron chi connectivity index (χ1n) is 8.69. The van der Waals surface area contributed by atoms with Crippen molar-refractivity contribution in [3.8, 4) is 0 Å². The topological polar surface area (TPSA) is 80.0 Å². The molecule has 0 bridgehead atoms. The van der Waals surface area contributed by atoms with E-state index >= 15 is 0 Å². The van der Waals surface area contributed by atoms with Crippen LogP contribution in [0.4, 0.5) is 0 Å². The summed E-state index contributed by atoms with van der Waals surface area (Å²) in [5.41, 5.74) is 0.768. The van der Waals surface area contributed by atoms with Gasteiger partial charge in [0.1, 0.15) is 6.10 Å². The van der Waals surface area contributed by atoms with Crippen molar-refractivity contribution < 1.29 is 9.90 Å². The number of nitrogens with zero attached hydrogens (tertiary/aromatic N) is 3. The zero-order chi connectivity index (χ0) is 17.6. The molecule has 0 radical (unpaired) electrons. The molecule has 3 rings (SSSR count). The molecule has 1 aromatic carbocycles. The second-order valence-electron chi connectivity index (χ2n) is 6.40. The first-order valence-corrected chi connectivity index (χ1v) is 9.68. The third-order valence-electron chi connectivity index (χ3n) is 4.53. The van der Waals surface area contributed by atoms with E-state index in [-0.39, 0.29) is 5.91 Å². The molecule has 1 heterocycles. The average molecular weight is 360 g/mol. The van der Waals surface area contributed by atoms with Crippen molar-refractivity contribution in [1.29, 1.82) is 0 Å². The molecule has 134 valence electrons. The molecule has 0 spiro atoms. The normalized spacial score (nSPS) is 16.6. The van der Waals surface area contributed by atoms with Crippen molar-refractivity contribution in [3.05, 3.63) is 41.7 Å². The molecule has 1 amide bonds. The molecule has 0 aliphatic heterocycles. The fourth-order valence-electron chi connectivity index (χ4n) is 3.12. The Hall–Kier alpha value is -1.86. The van der Waals surface area contributed by atoms with Crippen molar-refractivity contribution in [3.63, 3.8) is 0 Å². The molecule has 2 aromatic rings. The third kappa shape index (κ3) is 4.61. The van der Waals surface area contributed by atoms with Gasteiger partial charge in [0.05, 0.1) is 5.75 Å². The Balaban J connectivity index is 1.57. The molecular weight excluding hydrogens is 336 g/mol. The highest BCUT2D eigenvalue weighted by Crippen LogP contribution is 2.24. The van der Waals surface area contributed by atoms with E-state index in [1.807, 2.05) is 37.4 Å².